The molecule has 0 aliphatic carbocycles. The molecule has 3 aromatic carbocycles. The molecule has 2 atom stereocenters. The van der Waals surface area contributed by atoms with Crippen LogP contribution >= 0.6 is 0 Å². The fraction of sp³-hybridized carbons (Fsp3) is 0.333. The van der Waals surface area contributed by atoms with E-state index in [-0.39, 0.29) is 6.54 Å². The van der Waals surface area contributed by atoms with Gasteiger partial charge in [-0.1, -0.05) is 54.1 Å². The van der Waals surface area contributed by atoms with Crippen LogP contribution in [0.3, 0.4) is 0 Å². The summed E-state index contributed by atoms with van der Waals surface area (Å²) in [7, 11) is 0. The van der Waals surface area contributed by atoms with Crippen molar-refractivity contribution in [1.29, 1.82) is 5.26 Å². The monoisotopic (exact) mass is 514 g/mol. The van der Waals surface area contributed by atoms with Crippen molar-refractivity contribution in [2.24, 2.45) is 0 Å². The van der Waals surface area contributed by atoms with Crippen LogP contribution in [0.5, 0.6) is 0 Å². The van der Waals surface area contributed by atoms with Crippen molar-refractivity contribution in [3.63, 3.8) is 0 Å². The highest BCUT2D eigenvalue weighted by Crippen LogP contribution is 2.28. The SMILES string of the molecule is Cc1ccc(C)c(C(C(=O)Nc2ccc3ccccc3c2)N(CC#N)C(=O)C(C)NC(=O)OC(C)(C)C)c1. The van der Waals surface area contributed by atoms with Gasteiger partial charge in [0, 0.05) is 5.69 Å². The third kappa shape index (κ3) is 7.10. The Morgan fingerprint density at radius 1 is 1.00 bits per heavy atom. The summed E-state index contributed by atoms with van der Waals surface area (Å²) in [5, 5.41) is 17.1. The number of benzene rings is 3. The lowest BCUT2D eigenvalue weighted by molar-refractivity contribution is -0.139. The van der Waals surface area contributed by atoms with Gasteiger partial charge in [0.2, 0.25) is 5.91 Å². The first-order chi connectivity index (χ1) is 17.9. The molecule has 0 saturated carbocycles. The number of anilines is 1. The molecule has 0 saturated heterocycles. The maximum Gasteiger partial charge on any atom is 0.408 e. The number of nitrogens with zero attached hydrogens (tertiary/aromatic N) is 2. The zero-order valence-electron chi connectivity index (χ0n) is 22.7. The van der Waals surface area contributed by atoms with E-state index in [1.54, 1.807) is 26.8 Å². The summed E-state index contributed by atoms with van der Waals surface area (Å²) in [6.07, 6.45) is -0.765. The van der Waals surface area contributed by atoms with Gasteiger partial charge in [0.15, 0.2) is 0 Å². The lowest BCUT2D eigenvalue weighted by Crippen LogP contribution is -2.51. The van der Waals surface area contributed by atoms with Crippen molar-refractivity contribution in [2.75, 3.05) is 11.9 Å². The molecule has 3 rings (SSSR count). The van der Waals surface area contributed by atoms with E-state index in [1.807, 2.05) is 74.5 Å². The van der Waals surface area contributed by atoms with Crippen LogP contribution in [0.15, 0.2) is 60.7 Å². The van der Waals surface area contributed by atoms with Gasteiger partial charge in [0.05, 0.1) is 6.07 Å². The number of rotatable bonds is 7. The highest BCUT2D eigenvalue weighted by atomic mass is 16.6. The molecule has 0 aromatic heterocycles. The average Bonchev–Trinajstić information content (AvgIpc) is 2.84. The van der Waals surface area contributed by atoms with E-state index >= 15 is 0 Å². The van der Waals surface area contributed by atoms with Crippen LogP contribution in [-0.2, 0) is 14.3 Å². The first-order valence-corrected chi connectivity index (χ1v) is 12.4. The van der Waals surface area contributed by atoms with E-state index in [9.17, 15) is 19.6 Å². The second-order valence-electron chi connectivity index (χ2n) is 10.3. The highest BCUT2D eigenvalue weighted by molar-refractivity contribution is 6.00. The van der Waals surface area contributed by atoms with E-state index in [0.717, 1.165) is 21.9 Å². The molecule has 2 unspecified atom stereocenters. The molecule has 2 N–H and O–H groups in total. The van der Waals surface area contributed by atoms with Crippen molar-refractivity contribution in [3.8, 4) is 6.07 Å². The van der Waals surface area contributed by atoms with Gasteiger partial charge in [0.25, 0.3) is 5.91 Å². The Kier molecular flexibility index (Phi) is 8.74. The average molecular weight is 515 g/mol. The fourth-order valence-electron chi connectivity index (χ4n) is 4.15. The number of alkyl carbamates (subject to hydrolysis) is 1. The number of hydrogen-bond donors (Lipinski definition) is 2. The smallest absolute Gasteiger partial charge is 0.408 e. The van der Waals surface area contributed by atoms with Gasteiger partial charge < -0.3 is 20.3 Å². The van der Waals surface area contributed by atoms with Crippen LogP contribution in [0, 0.1) is 25.2 Å². The first-order valence-electron chi connectivity index (χ1n) is 12.4. The van der Waals surface area contributed by atoms with Crippen LogP contribution in [0.4, 0.5) is 10.5 Å². The second-order valence-corrected chi connectivity index (χ2v) is 10.3. The molecule has 0 spiro atoms. The number of carbonyl (C=O) groups is 3. The van der Waals surface area contributed by atoms with E-state index < -0.39 is 35.6 Å². The van der Waals surface area contributed by atoms with Gasteiger partial charge in [0.1, 0.15) is 24.2 Å². The Morgan fingerprint density at radius 2 is 1.68 bits per heavy atom. The second kappa shape index (κ2) is 11.8. The minimum absolute atomic E-state index is 0.359. The Balaban J connectivity index is 1.98. The molecule has 0 radical (unpaired) electrons. The molecular formula is C30H34N4O4. The van der Waals surface area contributed by atoms with Gasteiger partial charge in [-0.15, -0.1) is 0 Å². The maximum atomic E-state index is 13.8. The van der Waals surface area contributed by atoms with Crippen LogP contribution in [-0.4, -0.2) is 41.0 Å². The lowest BCUT2D eigenvalue weighted by atomic mass is 9.96. The molecule has 0 aliphatic heterocycles. The largest absolute Gasteiger partial charge is 0.444 e. The predicted octanol–water partition coefficient (Wildman–Crippen LogP) is 5.40. The normalized spacial score (nSPS) is 12.7. The zero-order valence-corrected chi connectivity index (χ0v) is 22.7. The third-order valence-corrected chi connectivity index (χ3v) is 5.93. The topological polar surface area (TPSA) is 112 Å². The first kappa shape index (κ1) is 28.2. The summed E-state index contributed by atoms with van der Waals surface area (Å²) in [5.41, 5.74) is 2.10. The summed E-state index contributed by atoms with van der Waals surface area (Å²) in [4.78, 5) is 41.0. The minimum Gasteiger partial charge on any atom is -0.444 e. The van der Waals surface area contributed by atoms with Gasteiger partial charge in [-0.3, -0.25) is 9.59 Å². The molecule has 198 valence electrons. The molecule has 38 heavy (non-hydrogen) atoms. The Labute approximate surface area is 223 Å². The van der Waals surface area contributed by atoms with Gasteiger partial charge in [-0.25, -0.2) is 4.79 Å². The number of hydrogen-bond acceptors (Lipinski definition) is 5. The number of aryl methyl sites for hydroxylation is 2. The standard InChI is InChI=1S/C30H34N4O4/c1-19-11-12-20(2)25(17-19)26(27(35)33-24-14-13-22-9-7-8-10-23(22)18-24)34(16-15-31)28(36)21(3)32-29(37)38-30(4,5)6/h7-14,17-18,21,26H,16H2,1-6H3,(H,32,37)(H,33,35). The van der Waals surface area contributed by atoms with Crippen LogP contribution in [0.2, 0.25) is 0 Å². The quantitative estimate of drug-likeness (QED) is 0.410. The Bertz CT molecular complexity index is 1390. The molecule has 3 aromatic rings. The van der Waals surface area contributed by atoms with Crippen LogP contribution < -0.4 is 10.6 Å². The zero-order chi connectivity index (χ0) is 28.0. The van der Waals surface area contributed by atoms with Crippen molar-refractivity contribution < 1.29 is 19.1 Å². The predicted molar refractivity (Wildman–Crippen MR) is 147 cm³/mol. The van der Waals surface area contributed by atoms with Gasteiger partial charge in [-0.2, -0.15) is 5.26 Å². The van der Waals surface area contributed by atoms with E-state index in [4.69, 9.17) is 4.74 Å². The molecular weight excluding hydrogens is 480 g/mol. The van der Waals surface area contributed by atoms with Crippen molar-refractivity contribution >= 4 is 34.4 Å². The Hall–Kier alpha value is -4.38. The van der Waals surface area contributed by atoms with Gasteiger partial charge >= 0.3 is 6.09 Å². The number of ether oxygens (including phenoxy) is 1. The van der Waals surface area contributed by atoms with Gasteiger partial charge in [-0.05, 0) is 75.6 Å². The maximum absolute atomic E-state index is 13.8. The molecule has 0 fully saturated rings. The van der Waals surface area contributed by atoms with Crippen LogP contribution in [0.25, 0.3) is 10.8 Å². The summed E-state index contributed by atoms with van der Waals surface area (Å²) in [6, 6.07) is 18.8. The van der Waals surface area contributed by atoms with Crippen molar-refractivity contribution in [2.45, 2.75) is 59.2 Å². The molecule has 8 nitrogen and oxygen atoms in total. The van der Waals surface area contributed by atoms with Crippen LogP contribution in [0.1, 0.15) is 50.4 Å². The number of nitriles is 1. The fourth-order valence-corrected chi connectivity index (χ4v) is 4.15. The summed E-state index contributed by atoms with van der Waals surface area (Å²) >= 11 is 0. The minimum atomic E-state index is -1.11. The van der Waals surface area contributed by atoms with E-state index in [2.05, 4.69) is 10.6 Å². The molecule has 0 aliphatic rings. The third-order valence-electron chi connectivity index (χ3n) is 5.93. The number of fused-ring (bicyclic) bond motifs is 1. The Morgan fingerprint density at radius 3 is 2.34 bits per heavy atom. The number of amides is 3. The van der Waals surface area contributed by atoms with Crippen molar-refractivity contribution in [1.82, 2.24) is 10.2 Å². The molecule has 0 heterocycles. The molecule has 0 bridgehead atoms. The van der Waals surface area contributed by atoms with E-state index in [1.165, 1.54) is 11.8 Å². The summed E-state index contributed by atoms with van der Waals surface area (Å²) < 4.78 is 5.27. The number of nitrogens with one attached hydrogen (secondary N) is 2. The number of carbonyl (C=O) groups excluding carboxylic acids is 3. The summed E-state index contributed by atoms with van der Waals surface area (Å²) in [5.74, 6) is -1.06. The lowest BCUT2D eigenvalue weighted by Gasteiger charge is -2.32. The molecule has 3 amide bonds. The molecule has 8 heteroatoms. The van der Waals surface area contributed by atoms with Crippen molar-refractivity contribution in [3.05, 3.63) is 77.4 Å². The van der Waals surface area contributed by atoms with E-state index in [0.29, 0.717) is 11.3 Å². The highest BCUT2D eigenvalue weighted by Gasteiger charge is 2.35. The summed E-state index contributed by atoms with van der Waals surface area (Å²) in [6.45, 7) is 10.0.